The highest BCUT2D eigenvalue weighted by molar-refractivity contribution is 5.68. The first-order valence-electron chi connectivity index (χ1n) is 5.44. The van der Waals surface area contributed by atoms with Crippen LogP contribution in [0.15, 0.2) is 18.2 Å². The largest absolute Gasteiger partial charge is 0.497 e. The number of carbonyl (C=O) groups excluding carboxylic acids is 1. The van der Waals surface area contributed by atoms with Gasteiger partial charge in [-0.3, -0.25) is 4.79 Å². The van der Waals surface area contributed by atoms with Crippen molar-refractivity contribution in [3.63, 3.8) is 0 Å². The van der Waals surface area contributed by atoms with Crippen molar-refractivity contribution in [3.05, 3.63) is 29.3 Å². The van der Waals surface area contributed by atoms with Crippen LogP contribution in [0, 0.1) is 0 Å². The van der Waals surface area contributed by atoms with Crippen molar-refractivity contribution in [1.29, 1.82) is 0 Å². The molecule has 1 aliphatic rings. The second kappa shape index (κ2) is 4.26. The number of carbonyl (C=O) groups is 1. The van der Waals surface area contributed by atoms with Gasteiger partial charge in [0.05, 0.1) is 7.11 Å². The summed E-state index contributed by atoms with van der Waals surface area (Å²) in [6, 6.07) is 5.85. The zero-order chi connectivity index (χ0) is 11.6. The molecule has 1 atom stereocenters. The third kappa shape index (κ3) is 1.61. The van der Waals surface area contributed by atoms with Gasteiger partial charge >= 0.3 is 0 Å². The molecule has 0 amide bonds. The number of aldehydes is 1. The maximum atomic E-state index is 11.3. The molecule has 0 saturated carbocycles. The predicted octanol–water partition coefficient (Wildman–Crippen LogP) is 2.07. The van der Waals surface area contributed by atoms with Gasteiger partial charge in [0.25, 0.3) is 0 Å². The lowest BCUT2D eigenvalue weighted by Gasteiger charge is -2.33. The molecule has 2 rings (SSSR count). The van der Waals surface area contributed by atoms with E-state index in [1.165, 1.54) is 5.56 Å². The van der Waals surface area contributed by atoms with Gasteiger partial charge in [0.2, 0.25) is 0 Å². The quantitative estimate of drug-likeness (QED) is 0.731. The first kappa shape index (κ1) is 11.1. The molecule has 1 unspecified atom stereocenters. The maximum Gasteiger partial charge on any atom is 0.156 e. The van der Waals surface area contributed by atoms with Crippen LogP contribution in [0.4, 0.5) is 0 Å². The Hall–Kier alpha value is -1.35. The molecular weight excluding hydrogens is 204 g/mol. The summed E-state index contributed by atoms with van der Waals surface area (Å²) < 4.78 is 10.6. The van der Waals surface area contributed by atoms with Crippen LogP contribution in [-0.4, -0.2) is 20.5 Å². The highest BCUT2D eigenvalue weighted by Gasteiger charge is 2.36. The molecule has 1 aromatic rings. The van der Waals surface area contributed by atoms with Crippen LogP contribution >= 0.6 is 0 Å². The zero-order valence-corrected chi connectivity index (χ0v) is 9.66. The molecule has 0 fully saturated rings. The summed E-state index contributed by atoms with van der Waals surface area (Å²) in [5.74, 6) is 0.768. The number of hydrogen-bond donors (Lipinski definition) is 0. The van der Waals surface area contributed by atoms with Crippen molar-refractivity contribution in [2.45, 2.75) is 24.9 Å². The van der Waals surface area contributed by atoms with Crippen molar-refractivity contribution >= 4 is 6.29 Å². The van der Waals surface area contributed by atoms with E-state index in [0.29, 0.717) is 0 Å². The van der Waals surface area contributed by atoms with Gasteiger partial charge in [0, 0.05) is 7.11 Å². The van der Waals surface area contributed by atoms with Crippen LogP contribution < -0.4 is 4.74 Å². The Bertz CT molecular complexity index is 400. The van der Waals surface area contributed by atoms with Gasteiger partial charge in [0.15, 0.2) is 6.29 Å². The molecule has 0 saturated heterocycles. The summed E-state index contributed by atoms with van der Waals surface area (Å²) >= 11 is 0. The summed E-state index contributed by atoms with van der Waals surface area (Å²) in [6.07, 6.45) is 3.63. The molecule has 0 aromatic heterocycles. The molecule has 16 heavy (non-hydrogen) atoms. The SMILES string of the molecule is COc1ccc2c(c1)C(C=O)(OC)CCC2. The van der Waals surface area contributed by atoms with E-state index in [0.717, 1.165) is 36.9 Å². The first-order valence-corrected chi connectivity index (χ1v) is 5.44. The lowest BCUT2D eigenvalue weighted by atomic mass is 9.80. The monoisotopic (exact) mass is 220 g/mol. The molecule has 0 bridgehead atoms. The molecule has 3 heteroatoms. The van der Waals surface area contributed by atoms with E-state index in [9.17, 15) is 4.79 Å². The smallest absolute Gasteiger partial charge is 0.156 e. The fourth-order valence-corrected chi connectivity index (χ4v) is 2.35. The minimum absolute atomic E-state index is 0.743. The highest BCUT2D eigenvalue weighted by atomic mass is 16.5. The topological polar surface area (TPSA) is 35.5 Å². The number of fused-ring (bicyclic) bond motifs is 1. The lowest BCUT2D eigenvalue weighted by molar-refractivity contribution is -0.130. The number of hydrogen-bond acceptors (Lipinski definition) is 3. The Morgan fingerprint density at radius 3 is 2.81 bits per heavy atom. The van der Waals surface area contributed by atoms with Gasteiger partial charge < -0.3 is 9.47 Å². The van der Waals surface area contributed by atoms with Gasteiger partial charge in [-0.2, -0.15) is 0 Å². The first-order chi connectivity index (χ1) is 7.75. The van der Waals surface area contributed by atoms with Crippen molar-refractivity contribution in [3.8, 4) is 5.75 Å². The average Bonchev–Trinajstić information content (AvgIpc) is 2.37. The normalized spacial score (nSPS) is 23.6. The van der Waals surface area contributed by atoms with Gasteiger partial charge in [-0.15, -0.1) is 0 Å². The highest BCUT2D eigenvalue weighted by Crippen LogP contribution is 2.38. The van der Waals surface area contributed by atoms with E-state index in [-0.39, 0.29) is 0 Å². The Labute approximate surface area is 95.4 Å². The van der Waals surface area contributed by atoms with E-state index in [4.69, 9.17) is 9.47 Å². The minimum Gasteiger partial charge on any atom is -0.497 e. The second-order valence-corrected chi connectivity index (χ2v) is 4.09. The molecule has 1 aromatic carbocycles. The van der Waals surface area contributed by atoms with Gasteiger partial charge in [-0.1, -0.05) is 6.07 Å². The van der Waals surface area contributed by atoms with E-state index >= 15 is 0 Å². The summed E-state index contributed by atoms with van der Waals surface area (Å²) in [7, 11) is 3.21. The fourth-order valence-electron chi connectivity index (χ4n) is 2.35. The predicted molar refractivity (Wildman–Crippen MR) is 60.7 cm³/mol. The number of ether oxygens (including phenoxy) is 2. The van der Waals surface area contributed by atoms with Crippen LogP contribution in [0.25, 0.3) is 0 Å². The molecule has 0 N–H and O–H groups in total. The van der Waals surface area contributed by atoms with E-state index < -0.39 is 5.60 Å². The zero-order valence-electron chi connectivity index (χ0n) is 9.66. The van der Waals surface area contributed by atoms with Gasteiger partial charge in [-0.05, 0) is 42.5 Å². The third-order valence-corrected chi connectivity index (χ3v) is 3.32. The average molecular weight is 220 g/mol. The number of aryl methyl sites for hydroxylation is 1. The van der Waals surface area contributed by atoms with E-state index in [1.54, 1.807) is 14.2 Å². The van der Waals surface area contributed by atoms with Crippen molar-refractivity contribution in [2.75, 3.05) is 14.2 Å². The Kier molecular flexibility index (Phi) is 2.97. The molecule has 3 nitrogen and oxygen atoms in total. The minimum atomic E-state index is -0.776. The van der Waals surface area contributed by atoms with E-state index in [1.807, 2.05) is 18.2 Å². The third-order valence-electron chi connectivity index (χ3n) is 3.32. The maximum absolute atomic E-state index is 11.3. The Balaban J connectivity index is 2.54. The van der Waals surface area contributed by atoms with Crippen LogP contribution in [0.1, 0.15) is 24.0 Å². The molecule has 0 radical (unpaired) electrons. The van der Waals surface area contributed by atoms with Crippen LogP contribution in [0.3, 0.4) is 0 Å². The molecule has 1 aliphatic carbocycles. The lowest BCUT2D eigenvalue weighted by Crippen LogP contribution is -2.34. The Morgan fingerprint density at radius 1 is 1.38 bits per heavy atom. The summed E-state index contributed by atoms with van der Waals surface area (Å²) in [6.45, 7) is 0. The van der Waals surface area contributed by atoms with Crippen molar-refractivity contribution in [1.82, 2.24) is 0 Å². The summed E-state index contributed by atoms with van der Waals surface area (Å²) in [4.78, 5) is 11.3. The van der Waals surface area contributed by atoms with E-state index in [2.05, 4.69) is 0 Å². The van der Waals surface area contributed by atoms with Gasteiger partial charge in [0.1, 0.15) is 11.4 Å². The van der Waals surface area contributed by atoms with Crippen molar-refractivity contribution < 1.29 is 14.3 Å². The molecule has 86 valence electrons. The van der Waals surface area contributed by atoms with Gasteiger partial charge in [-0.25, -0.2) is 0 Å². The summed E-state index contributed by atoms with van der Waals surface area (Å²) in [5, 5.41) is 0. The van der Waals surface area contributed by atoms with Crippen LogP contribution in [0.5, 0.6) is 5.75 Å². The molecule has 0 aliphatic heterocycles. The second-order valence-electron chi connectivity index (χ2n) is 4.09. The number of rotatable bonds is 3. The van der Waals surface area contributed by atoms with Crippen molar-refractivity contribution in [2.24, 2.45) is 0 Å². The van der Waals surface area contributed by atoms with Crippen LogP contribution in [-0.2, 0) is 21.6 Å². The van der Waals surface area contributed by atoms with Crippen LogP contribution in [0.2, 0.25) is 0 Å². The standard InChI is InChI=1S/C13H16O3/c1-15-11-6-5-10-4-3-7-13(9-14,16-2)12(10)8-11/h5-6,8-9H,3-4,7H2,1-2H3. The fraction of sp³-hybridized carbons (Fsp3) is 0.462. The number of benzene rings is 1. The molecular formula is C13H16O3. The molecule has 0 heterocycles. The Morgan fingerprint density at radius 2 is 2.19 bits per heavy atom. The number of methoxy groups -OCH3 is 2. The summed E-state index contributed by atoms with van der Waals surface area (Å²) in [5.41, 5.74) is 1.36. The molecule has 0 spiro atoms.